The fourth-order valence-electron chi connectivity index (χ4n) is 3.32. The molecule has 2 aromatic rings. The summed E-state index contributed by atoms with van der Waals surface area (Å²) < 4.78 is 13.0. The number of H-pyrrole nitrogens is 1. The molecule has 10 heteroatoms. The molecule has 3 rings (SSSR count). The quantitative estimate of drug-likeness (QED) is 0.487. The summed E-state index contributed by atoms with van der Waals surface area (Å²) in [5, 5.41) is 8.25. The zero-order valence-electron chi connectivity index (χ0n) is 18.7. The average Bonchev–Trinajstić information content (AvgIpc) is 3.25. The first-order valence-electron chi connectivity index (χ1n) is 10.5. The number of nitrogens with one attached hydrogen (secondary N) is 4. The maximum absolute atomic E-state index is 13.0. The Hall–Kier alpha value is -3.79. The molecule has 33 heavy (non-hydrogen) atoms. The van der Waals surface area contributed by atoms with Gasteiger partial charge in [-0.15, -0.1) is 0 Å². The zero-order valence-corrected chi connectivity index (χ0v) is 18.7. The van der Waals surface area contributed by atoms with Crippen molar-refractivity contribution in [2.24, 2.45) is 5.92 Å². The Labute approximate surface area is 191 Å². The number of anilines is 1. The van der Waals surface area contributed by atoms with E-state index in [9.17, 15) is 18.8 Å². The van der Waals surface area contributed by atoms with Crippen molar-refractivity contribution < 1.29 is 18.8 Å². The van der Waals surface area contributed by atoms with E-state index in [1.165, 1.54) is 30.6 Å². The number of carbonyl (C=O) groups is 3. The lowest BCUT2D eigenvalue weighted by Gasteiger charge is -2.21. The number of aromatic amines is 1. The molecule has 9 nitrogen and oxygen atoms in total. The van der Waals surface area contributed by atoms with Gasteiger partial charge >= 0.3 is 0 Å². The summed E-state index contributed by atoms with van der Waals surface area (Å²) in [7, 11) is 3.79. The Bertz CT molecular complexity index is 1090. The van der Waals surface area contributed by atoms with Gasteiger partial charge in [0.25, 0.3) is 17.7 Å². The highest BCUT2D eigenvalue weighted by molar-refractivity contribution is 6.06. The van der Waals surface area contributed by atoms with Crippen LogP contribution in [-0.2, 0) is 4.79 Å². The second-order valence-corrected chi connectivity index (χ2v) is 8.02. The zero-order chi connectivity index (χ0) is 24.0. The summed E-state index contributed by atoms with van der Waals surface area (Å²) in [6.45, 7) is 2.96. The molecular weight excluding hydrogens is 427 g/mol. The first-order chi connectivity index (χ1) is 15.7. The molecule has 0 aliphatic heterocycles. The minimum Gasteiger partial charge on any atom is -0.349 e. The molecule has 0 saturated carbocycles. The van der Waals surface area contributed by atoms with Gasteiger partial charge in [0.2, 0.25) is 0 Å². The van der Waals surface area contributed by atoms with E-state index in [0.29, 0.717) is 36.5 Å². The molecule has 0 radical (unpaired) electrons. The number of benzene rings is 1. The molecular formula is C23H27FN6O3. The topological polar surface area (TPSA) is 119 Å². The first kappa shape index (κ1) is 23.9. The number of allylic oxidation sites excluding steroid dienone is 3. The SMILES string of the molecule is CC1CC(NC(=O)c2nc[nH]c2C(=O)NCCN(C)C)=CC=C1C(=O)Nc1ccc(F)cc1. The van der Waals surface area contributed by atoms with Gasteiger partial charge in [0.05, 0.1) is 6.33 Å². The molecule has 1 unspecified atom stereocenters. The molecule has 3 amide bonds. The third-order valence-corrected chi connectivity index (χ3v) is 5.09. The maximum Gasteiger partial charge on any atom is 0.276 e. The lowest BCUT2D eigenvalue weighted by molar-refractivity contribution is -0.113. The van der Waals surface area contributed by atoms with Gasteiger partial charge in [-0.1, -0.05) is 13.0 Å². The summed E-state index contributed by atoms with van der Waals surface area (Å²) in [5.41, 5.74) is 1.72. The van der Waals surface area contributed by atoms with Crippen LogP contribution in [0.25, 0.3) is 0 Å². The van der Waals surface area contributed by atoms with Crippen LogP contribution in [0.4, 0.5) is 10.1 Å². The maximum atomic E-state index is 13.0. The normalized spacial score (nSPS) is 15.5. The summed E-state index contributed by atoms with van der Waals surface area (Å²) in [4.78, 5) is 46.3. The van der Waals surface area contributed by atoms with Crippen molar-refractivity contribution in [1.82, 2.24) is 25.5 Å². The number of carbonyl (C=O) groups excluding carboxylic acids is 3. The average molecular weight is 455 g/mol. The molecule has 4 N–H and O–H groups in total. The molecule has 1 aliphatic rings. The number of hydrogen-bond acceptors (Lipinski definition) is 5. The van der Waals surface area contributed by atoms with Gasteiger partial charge in [-0.2, -0.15) is 0 Å². The van der Waals surface area contributed by atoms with E-state index in [4.69, 9.17) is 0 Å². The second-order valence-electron chi connectivity index (χ2n) is 8.02. The van der Waals surface area contributed by atoms with Crippen LogP contribution in [0.1, 0.15) is 34.3 Å². The Morgan fingerprint density at radius 2 is 1.82 bits per heavy atom. The molecule has 1 heterocycles. The van der Waals surface area contributed by atoms with Crippen LogP contribution in [0, 0.1) is 11.7 Å². The van der Waals surface area contributed by atoms with Crippen LogP contribution < -0.4 is 16.0 Å². The number of halogens is 1. The highest BCUT2D eigenvalue weighted by atomic mass is 19.1. The summed E-state index contributed by atoms with van der Waals surface area (Å²) >= 11 is 0. The van der Waals surface area contributed by atoms with E-state index in [-0.39, 0.29) is 29.0 Å². The minimum atomic E-state index is -0.514. The molecule has 1 atom stereocenters. The van der Waals surface area contributed by atoms with Crippen molar-refractivity contribution in [1.29, 1.82) is 0 Å². The Balaban J connectivity index is 1.63. The van der Waals surface area contributed by atoms with Gasteiger partial charge in [0.1, 0.15) is 11.5 Å². The molecule has 1 aliphatic carbocycles. The minimum absolute atomic E-state index is 0.00487. The van der Waals surface area contributed by atoms with Crippen LogP contribution in [0.5, 0.6) is 0 Å². The predicted octanol–water partition coefficient (Wildman–Crippen LogP) is 2.06. The largest absolute Gasteiger partial charge is 0.349 e. The van der Waals surface area contributed by atoms with Crippen molar-refractivity contribution in [2.75, 3.05) is 32.5 Å². The lowest BCUT2D eigenvalue weighted by atomic mass is 9.90. The Morgan fingerprint density at radius 1 is 1.09 bits per heavy atom. The monoisotopic (exact) mass is 454 g/mol. The van der Waals surface area contributed by atoms with Gasteiger partial charge in [-0.25, -0.2) is 9.37 Å². The molecule has 0 fully saturated rings. The van der Waals surface area contributed by atoms with Gasteiger partial charge < -0.3 is 25.8 Å². The van der Waals surface area contributed by atoms with Gasteiger partial charge in [0, 0.05) is 30.0 Å². The standard InChI is InChI=1S/C23H27FN6O3/c1-14-12-17(8-9-18(14)21(31)28-16-6-4-15(24)5-7-16)29-23(33)20-19(26-13-27-20)22(32)25-10-11-30(2)3/h4-9,13-14H,10-12H2,1-3H3,(H,25,32)(H,26,27)(H,28,31)(H,29,33). The van der Waals surface area contributed by atoms with Crippen molar-refractivity contribution in [3.8, 4) is 0 Å². The number of aromatic nitrogens is 2. The fourth-order valence-corrected chi connectivity index (χ4v) is 3.32. The van der Waals surface area contributed by atoms with E-state index in [1.807, 2.05) is 25.9 Å². The summed E-state index contributed by atoms with van der Waals surface area (Å²) in [6, 6.07) is 5.52. The van der Waals surface area contributed by atoms with E-state index in [1.54, 1.807) is 12.2 Å². The van der Waals surface area contributed by atoms with Gasteiger partial charge in [0.15, 0.2) is 5.69 Å². The van der Waals surface area contributed by atoms with Crippen LogP contribution in [0.3, 0.4) is 0 Å². The van der Waals surface area contributed by atoms with Crippen LogP contribution in [0.2, 0.25) is 0 Å². The number of amides is 3. The summed E-state index contributed by atoms with van der Waals surface area (Å²) in [6.07, 6.45) is 5.01. The van der Waals surface area contributed by atoms with E-state index in [2.05, 4.69) is 25.9 Å². The third-order valence-electron chi connectivity index (χ3n) is 5.09. The first-order valence-corrected chi connectivity index (χ1v) is 10.5. The van der Waals surface area contributed by atoms with Crippen molar-refractivity contribution in [3.05, 3.63) is 71.2 Å². The fraction of sp³-hybridized carbons (Fsp3) is 0.304. The summed E-state index contributed by atoms with van der Waals surface area (Å²) in [5.74, 6) is -1.77. The van der Waals surface area contributed by atoms with Gasteiger partial charge in [-0.05, 0) is 56.8 Å². The van der Waals surface area contributed by atoms with Crippen LogP contribution in [-0.4, -0.2) is 59.8 Å². The molecule has 174 valence electrons. The number of hydrogen-bond donors (Lipinski definition) is 4. The van der Waals surface area contributed by atoms with Crippen molar-refractivity contribution in [2.45, 2.75) is 13.3 Å². The number of nitrogens with zero attached hydrogens (tertiary/aromatic N) is 2. The smallest absolute Gasteiger partial charge is 0.276 e. The lowest BCUT2D eigenvalue weighted by Crippen LogP contribution is -2.34. The Kier molecular flexibility index (Phi) is 7.73. The third kappa shape index (κ3) is 6.36. The highest BCUT2D eigenvalue weighted by Gasteiger charge is 2.25. The van der Waals surface area contributed by atoms with Crippen molar-refractivity contribution >= 4 is 23.4 Å². The van der Waals surface area contributed by atoms with Crippen LogP contribution in [0.15, 0.2) is 54.0 Å². The van der Waals surface area contributed by atoms with E-state index in [0.717, 1.165) is 0 Å². The second kappa shape index (κ2) is 10.7. The van der Waals surface area contributed by atoms with E-state index < -0.39 is 11.8 Å². The number of imidazole rings is 1. The van der Waals surface area contributed by atoms with Crippen LogP contribution >= 0.6 is 0 Å². The molecule has 1 aromatic heterocycles. The Morgan fingerprint density at radius 3 is 2.48 bits per heavy atom. The molecule has 0 saturated heterocycles. The van der Waals surface area contributed by atoms with E-state index >= 15 is 0 Å². The number of rotatable bonds is 8. The molecule has 0 bridgehead atoms. The highest BCUT2D eigenvalue weighted by Crippen LogP contribution is 2.25. The molecule has 1 aromatic carbocycles. The number of likely N-dealkylation sites (N-methyl/N-ethyl adjacent to an activating group) is 1. The van der Waals surface area contributed by atoms with Crippen molar-refractivity contribution in [3.63, 3.8) is 0 Å². The van der Waals surface area contributed by atoms with Gasteiger partial charge in [-0.3, -0.25) is 14.4 Å². The molecule has 0 spiro atoms. The predicted molar refractivity (Wildman–Crippen MR) is 122 cm³/mol.